The summed E-state index contributed by atoms with van der Waals surface area (Å²) in [6.45, 7) is 0.382. The number of aromatic amines is 1. The molecule has 0 bridgehead atoms. The molecule has 2 rings (SSSR count). The van der Waals surface area contributed by atoms with Crippen LogP contribution in [-0.2, 0) is 11.1 Å². The van der Waals surface area contributed by atoms with Gasteiger partial charge >= 0.3 is 7.60 Å². The largest absolute Gasteiger partial charge is 0.369 e. The Hall–Kier alpha value is -1.96. The molecule has 0 aliphatic heterocycles. The van der Waals surface area contributed by atoms with E-state index in [2.05, 4.69) is 15.0 Å². The highest BCUT2D eigenvalue weighted by Gasteiger charge is 2.10. The Labute approximate surface area is 113 Å². The van der Waals surface area contributed by atoms with Crippen LogP contribution in [0.4, 0.5) is 5.95 Å². The molecule has 0 aliphatic carbocycles. The van der Waals surface area contributed by atoms with E-state index in [9.17, 15) is 9.36 Å². The molecule has 108 valence electrons. The molecule has 10 heteroatoms. The van der Waals surface area contributed by atoms with Crippen LogP contribution < -0.4 is 11.3 Å². The van der Waals surface area contributed by atoms with Crippen molar-refractivity contribution in [1.29, 1.82) is 0 Å². The van der Waals surface area contributed by atoms with E-state index in [0.29, 0.717) is 12.2 Å². The lowest BCUT2D eigenvalue weighted by Crippen LogP contribution is -2.12. The van der Waals surface area contributed by atoms with Crippen molar-refractivity contribution >= 4 is 24.7 Å². The Morgan fingerprint density at radius 1 is 1.45 bits per heavy atom. The van der Waals surface area contributed by atoms with E-state index in [-0.39, 0.29) is 24.0 Å². The van der Waals surface area contributed by atoms with Gasteiger partial charge in [0.25, 0.3) is 5.56 Å². The first kappa shape index (κ1) is 14.4. The minimum atomic E-state index is -3.96. The van der Waals surface area contributed by atoms with Gasteiger partial charge in [-0.1, -0.05) is 12.2 Å². The number of fused-ring (bicyclic) bond motifs is 1. The van der Waals surface area contributed by atoms with Crippen LogP contribution in [0.2, 0.25) is 0 Å². The maximum absolute atomic E-state index is 11.5. The molecule has 2 aromatic heterocycles. The van der Waals surface area contributed by atoms with Gasteiger partial charge in [0, 0.05) is 6.54 Å². The van der Waals surface area contributed by atoms with Gasteiger partial charge in [0.05, 0.1) is 12.5 Å². The lowest BCUT2D eigenvalue weighted by Gasteiger charge is -2.00. The fourth-order valence-corrected chi connectivity index (χ4v) is 2.14. The van der Waals surface area contributed by atoms with E-state index >= 15 is 0 Å². The molecule has 0 unspecified atom stereocenters. The van der Waals surface area contributed by atoms with E-state index in [1.807, 2.05) is 0 Å². The quantitative estimate of drug-likeness (QED) is 0.442. The summed E-state index contributed by atoms with van der Waals surface area (Å²) in [6, 6.07) is 0. The molecule has 0 saturated carbocycles. The lowest BCUT2D eigenvalue weighted by atomic mass is 10.4. The summed E-state index contributed by atoms with van der Waals surface area (Å²) in [4.78, 5) is 39.2. The number of aromatic nitrogens is 4. The number of nitrogen functional groups attached to an aromatic ring is 1. The second-order valence-corrected chi connectivity index (χ2v) is 5.95. The van der Waals surface area contributed by atoms with Crippen molar-refractivity contribution in [2.24, 2.45) is 0 Å². The number of imidazole rings is 1. The number of anilines is 1. The van der Waals surface area contributed by atoms with Crippen molar-refractivity contribution in [3.63, 3.8) is 0 Å². The van der Waals surface area contributed by atoms with Crippen LogP contribution in [-0.4, -0.2) is 35.5 Å². The summed E-state index contributed by atoms with van der Waals surface area (Å²) in [5.74, 6) is 0.00901. The fourth-order valence-electron chi connectivity index (χ4n) is 1.65. The standard InChI is InChI=1S/C10H14N5O4P/c11-10-13-8-7(9(16)14-10)12-6-15(8)4-2-1-3-5-20(17,18)19/h1-2,6H,3-5H2,(H2,17,18,19)(H3,11,13,14,16)/b2-1+. The van der Waals surface area contributed by atoms with Crippen molar-refractivity contribution in [1.82, 2.24) is 19.5 Å². The molecule has 2 aromatic rings. The average Bonchev–Trinajstić information content (AvgIpc) is 2.70. The van der Waals surface area contributed by atoms with Crippen LogP contribution in [0.15, 0.2) is 23.3 Å². The summed E-state index contributed by atoms with van der Waals surface area (Å²) < 4.78 is 12.3. The van der Waals surface area contributed by atoms with Crippen molar-refractivity contribution in [3.05, 3.63) is 28.8 Å². The summed E-state index contributed by atoms with van der Waals surface area (Å²) in [6.07, 6.45) is 4.91. The number of H-pyrrole nitrogens is 1. The second-order valence-electron chi connectivity index (χ2n) is 4.17. The minimum absolute atomic E-state index is 0.00901. The molecular formula is C10H14N5O4P. The Morgan fingerprint density at radius 3 is 2.90 bits per heavy atom. The monoisotopic (exact) mass is 299 g/mol. The van der Waals surface area contributed by atoms with Crippen molar-refractivity contribution < 1.29 is 14.4 Å². The first-order valence-electron chi connectivity index (χ1n) is 5.77. The Bertz CT molecular complexity index is 744. The number of nitrogens with one attached hydrogen (secondary N) is 1. The van der Waals surface area contributed by atoms with Gasteiger partial charge in [-0.2, -0.15) is 4.98 Å². The zero-order chi connectivity index (χ0) is 14.8. The first-order chi connectivity index (χ1) is 9.37. The Morgan fingerprint density at radius 2 is 2.20 bits per heavy atom. The zero-order valence-electron chi connectivity index (χ0n) is 10.4. The second kappa shape index (κ2) is 5.58. The van der Waals surface area contributed by atoms with E-state index in [1.165, 1.54) is 6.33 Å². The predicted molar refractivity (Wildman–Crippen MR) is 73.2 cm³/mol. The highest BCUT2D eigenvalue weighted by Crippen LogP contribution is 2.34. The van der Waals surface area contributed by atoms with Gasteiger partial charge in [-0.25, -0.2) is 4.98 Å². The topological polar surface area (TPSA) is 147 Å². The number of hydrogen-bond acceptors (Lipinski definition) is 5. The van der Waals surface area contributed by atoms with Crippen LogP contribution in [0.25, 0.3) is 11.2 Å². The highest BCUT2D eigenvalue weighted by molar-refractivity contribution is 7.51. The first-order valence-corrected chi connectivity index (χ1v) is 7.57. The normalized spacial score (nSPS) is 12.5. The average molecular weight is 299 g/mol. The third-order valence-corrected chi connectivity index (χ3v) is 3.39. The Kier molecular flexibility index (Phi) is 4.03. The molecule has 20 heavy (non-hydrogen) atoms. The number of hydrogen-bond donors (Lipinski definition) is 4. The van der Waals surface area contributed by atoms with E-state index in [0.717, 1.165) is 0 Å². The lowest BCUT2D eigenvalue weighted by molar-refractivity contribution is 0.373. The number of nitrogens with two attached hydrogens (primary N) is 1. The maximum Gasteiger partial charge on any atom is 0.325 e. The number of nitrogens with zero attached hydrogens (tertiary/aromatic N) is 3. The molecule has 0 spiro atoms. The van der Waals surface area contributed by atoms with Gasteiger partial charge in [0.2, 0.25) is 5.95 Å². The molecule has 2 heterocycles. The molecule has 0 aromatic carbocycles. The van der Waals surface area contributed by atoms with Gasteiger partial charge in [-0.05, 0) is 6.42 Å². The highest BCUT2D eigenvalue weighted by atomic mass is 31.2. The summed E-state index contributed by atoms with van der Waals surface area (Å²) in [5, 5.41) is 0. The molecule has 5 N–H and O–H groups in total. The summed E-state index contributed by atoms with van der Waals surface area (Å²) in [7, 11) is -3.96. The third-order valence-electron chi connectivity index (χ3n) is 2.55. The van der Waals surface area contributed by atoms with Crippen LogP contribution in [0.5, 0.6) is 0 Å². The SMILES string of the molecule is Nc1nc2c(ncn2C/C=C/CCP(=O)(O)O)c(=O)[nH]1. The van der Waals surface area contributed by atoms with Gasteiger partial charge in [-0.3, -0.25) is 14.3 Å². The van der Waals surface area contributed by atoms with E-state index in [1.54, 1.807) is 16.7 Å². The molecule has 0 aliphatic rings. The molecule has 0 amide bonds. The third kappa shape index (κ3) is 3.53. The van der Waals surface area contributed by atoms with Crippen LogP contribution in [0.3, 0.4) is 0 Å². The van der Waals surface area contributed by atoms with Crippen LogP contribution in [0, 0.1) is 0 Å². The molecule has 9 nitrogen and oxygen atoms in total. The smallest absolute Gasteiger partial charge is 0.325 e. The van der Waals surface area contributed by atoms with Gasteiger partial charge in [0.15, 0.2) is 11.2 Å². The van der Waals surface area contributed by atoms with Crippen molar-refractivity contribution in [2.75, 3.05) is 11.9 Å². The molecule has 0 radical (unpaired) electrons. The summed E-state index contributed by atoms with van der Waals surface area (Å²) in [5.41, 5.74) is 5.62. The van der Waals surface area contributed by atoms with Crippen LogP contribution in [0.1, 0.15) is 6.42 Å². The molecule has 0 atom stereocenters. The van der Waals surface area contributed by atoms with Gasteiger partial charge in [0.1, 0.15) is 0 Å². The molecule has 0 saturated heterocycles. The Balaban J connectivity index is 2.09. The van der Waals surface area contributed by atoms with Gasteiger partial charge in [-0.15, -0.1) is 0 Å². The fraction of sp³-hybridized carbons (Fsp3) is 0.300. The number of rotatable bonds is 5. The maximum atomic E-state index is 11.5. The molecule has 0 fully saturated rings. The van der Waals surface area contributed by atoms with Gasteiger partial charge < -0.3 is 20.1 Å². The minimum Gasteiger partial charge on any atom is -0.369 e. The van der Waals surface area contributed by atoms with Crippen molar-refractivity contribution in [3.8, 4) is 0 Å². The van der Waals surface area contributed by atoms with Crippen molar-refractivity contribution in [2.45, 2.75) is 13.0 Å². The number of allylic oxidation sites excluding steroid dienone is 2. The van der Waals surface area contributed by atoms with E-state index in [4.69, 9.17) is 15.5 Å². The predicted octanol–water partition coefficient (Wildman–Crippen LogP) is -0.174. The zero-order valence-corrected chi connectivity index (χ0v) is 11.3. The van der Waals surface area contributed by atoms with E-state index < -0.39 is 13.2 Å². The molecular weight excluding hydrogens is 285 g/mol. The van der Waals surface area contributed by atoms with Crippen LogP contribution >= 0.6 is 7.60 Å². The summed E-state index contributed by atoms with van der Waals surface area (Å²) >= 11 is 0.